The number of halogens is 1. The Kier molecular flexibility index (Phi) is 6.18. The Labute approximate surface area is 112 Å². The number of carbonyl (C=O) groups is 1. The fourth-order valence-electron chi connectivity index (χ4n) is 1.55. The number of hydrogen-bond donors (Lipinski definition) is 1. The molecule has 1 N–H and O–H groups in total. The first kappa shape index (κ1) is 15.3. The number of nitrogens with zero attached hydrogens (tertiary/aromatic N) is 1. The Morgan fingerprint density at radius 1 is 1.53 bits per heavy atom. The molecule has 4 nitrogen and oxygen atoms in total. The molecule has 0 spiro atoms. The van der Waals surface area contributed by atoms with Gasteiger partial charge in [-0.15, -0.1) is 0 Å². The zero-order valence-electron chi connectivity index (χ0n) is 11.0. The third kappa shape index (κ3) is 5.19. The van der Waals surface area contributed by atoms with Crippen LogP contribution in [0.25, 0.3) is 6.08 Å². The minimum Gasteiger partial charge on any atom is -0.389 e. The summed E-state index contributed by atoms with van der Waals surface area (Å²) >= 11 is 0. The molecule has 0 aromatic heterocycles. The monoisotopic (exact) mass is 267 g/mol. The van der Waals surface area contributed by atoms with Gasteiger partial charge in [0.1, 0.15) is 5.82 Å². The van der Waals surface area contributed by atoms with Gasteiger partial charge in [0.2, 0.25) is 5.91 Å². The molecule has 5 heteroatoms. The second-order valence-corrected chi connectivity index (χ2v) is 4.18. The molecule has 0 aliphatic carbocycles. The average Bonchev–Trinajstić information content (AvgIpc) is 2.37. The first-order valence-electron chi connectivity index (χ1n) is 5.89. The number of benzene rings is 1. The molecule has 1 aromatic carbocycles. The Morgan fingerprint density at radius 3 is 2.84 bits per heavy atom. The van der Waals surface area contributed by atoms with Gasteiger partial charge in [-0.2, -0.15) is 0 Å². The third-order valence-electron chi connectivity index (χ3n) is 2.53. The van der Waals surface area contributed by atoms with Crippen LogP contribution in [-0.4, -0.2) is 49.3 Å². The first-order chi connectivity index (χ1) is 9.04. The van der Waals surface area contributed by atoms with Gasteiger partial charge in [-0.3, -0.25) is 4.79 Å². The molecule has 0 aliphatic rings. The lowest BCUT2D eigenvalue weighted by Gasteiger charge is -2.18. The molecule has 0 saturated heterocycles. The van der Waals surface area contributed by atoms with Crippen molar-refractivity contribution in [2.24, 2.45) is 0 Å². The van der Waals surface area contributed by atoms with Crippen molar-refractivity contribution < 1.29 is 19.0 Å². The molecule has 19 heavy (non-hydrogen) atoms. The van der Waals surface area contributed by atoms with Gasteiger partial charge in [-0.05, 0) is 12.1 Å². The van der Waals surface area contributed by atoms with Gasteiger partial charge in [0, 0.05) is 32.3 Å². The van der Waals surface area contributed by atoms with Gasteiger partial charge in [-0.1, -0.05) is 18.2 Å². The van der Waals surface area contributed by atoms with Crippen LogP contribution in [0, 0.1) is 5.82 Å². The van der Waals surface area contributed by atoms with E-state index >= 15 is 0 Å². The highest BCUT2D eigenvalue weighted by atomic mass is 19.1. The minimum absolute atomic E-state index is 0.161. The molecular formula is C14H18FNO3. The predicted molar refractivity (Wildman–Crippen MR) is 71.0 cm³/mol. The van der Waals surface area contributed by atoms with E-state index in [4.69, 9.17) is 4.74 Å². The Bertz CT molecular complexity index is 448. The molecule has 1 aromatic rings. The molecule has 104 valence electrons. The Morgan fingerprint density at radius 2 is 2.21 bits per heavy atom. The van der Waals surface area contributed by atoms with Crippen molar-refractivity contribution in [2.45, 2.75) is 6.10 Å². The summed E-state index contributed by atoms with van der Waals surface area (Å²) in [6.07, 6.45) is 1.95. The summed E-state index contributed by atoms with van der Waals surface area (Å²) in [7, 11) is 3.04. The van der Waals surface area contributed by atoms with Crippen LogP contribution in [0.3, 0.4) is 0 Å². The largest absolute Gasteiger partial charge is 0.389 e. The molecular weight excluding hydrogens is 249 g/mol. The van der Waals surface area contributed by atoms with Crippen molar-refractivity contribution in [3.63, 3.8) is 0 Å². The molecule has 0 fully saturated rings. The molecule has 1 rings (SSSR count). The minimum atomic E-state index is -0.735. The number of hydrogen-bond acceptors (Lipinski definition) is 3. The lowest BCUT2D eigenvalue weighted by molar-refractivity contribution is -0.126. The number of methoxy groups -OCH3 is 1. The summed E-state index contributed by atoms with van der Waals surface area (Å²) in [4.78, 5) is 13.1. The average molecular weight is 267 g/mol. The normalized spacial score (nSPS) is 12.6. The maximum absolute atomic E-state index is 13.3. The molecule has 0 bridgehead atoms. The van der Waals surface area contributed by atoms with Gasteiger partial charge >= 0.3 is 0 Å². The van der Waals surface area contributed by atoms with E-state index < -0.39 is 6.10 Å². The van der Waals surface area contributed by atoms with Crippen LogP contribution in [0.1, 0.15) is 5.56 Å². The molecule has 1 atom stereocenters. The van der Waals surface area contributed by atoms with E-state index in [0.717, 1.165) is 0 Å². The zero-order chi connectivity index (χ0) is 14.3. The lowest BCUT2D eigenvalue weighted by Crippen LogP contribution is -2.35. The van der Waals surface area contributed by atoms with E-state index in [9.17, 15) is 14.3 Å². The smallest absolute Gasteiger partial charge is 0.246 e. The third-order valence-corrected chi connectivity index (χ3v) is 2.53. The maximum atomic E-state index is 13.3. The van der Waals surface area contributed by atoms with Crippen molar-refractivity contribution >= 4 is 12.0 Å². The van der Waals surface area contributed by atoms with Gasteiger partial charge in [0.15, 0.2) is 0 Å². The van der Waals surface area contributed by atoms with E-state index in [-0.39, 0.29) is 24.9 Å². The fourth-order valence-corrected chi connectivity index (χ4v) is 1.55. The van der Waals surface area contributed by atoms with Crippen LogP contribution in [0.15, 0.2) is 30.3 Å². The zero-order valence-corrected chi connectivity index (χ0v) is 11.0. The van der Waals surface area contributed by atoms with E-state index in [1.165, 1.54) is 30.2 Å². The molecule has 0 radical (unpaired) electrons. The summed E-state index contributed by atoms with van der Waals surface area (Å²) in [5, 5.41) is 9.49. The van der Waals surface area contributed by atoms with Crippen LogP contribution in [0.5, 0.6) is 0 Å². The van der Waals surface area contributed by atoms with E-state index in [2.05, 4.69) is 0 Å². The SMILES string of the molecule is COCC(O)CN(C)C(=O)/C=C/c1ccccc1F. The van der Waals surface area contributed by atoms with E-state index in [1.807, 2.05) is 0 Å². The van der Waals surface area contributed by atoms with Gasteiger partial charge < -0.3 is 14.7 Å². The van der Waals surface area contributed by atoms with Gasteiger partial charge in [-0.25, -0.2) is 4.39 Å². The molecule has 1 unspecified atom stereocenters. The van der Waals surface area contributed by atoms with Crippen molar-refractivity contribution in [1.29, 1.82) is 0 Å². The number of ether oxygens (including phenoxy) is 1. The lowest BCUT2D eigenvalue weighted by atomic mass is 10.2. The van der Waals surface area contributed by atoms with Crippen LogP contribution >= 0.6 is 0 Å². The standard InChI is InChI=1S/C14H18FNO3/c1-16(9-12(17)10-19-2)14(18)8-7-11-5-3-4-6-13(11)15/h3-8,12,17H,9-10H2,1-2H3/b8-7+. The Balaban J connectivity index is 2.57. The topological polar surface area (TPSA) is 49.8 Å². The number of carbonyl (C=O) groups excluding carboxylic acids is 1. The summed E-state index contributed by atoms with van der Waals surface area (Å²) in [5.41, 5.74) is 0.349. The van der Waals surface area contributed by atoms with Crippen molar-refractivity contribution in [3.05, 3.63) is 41.7 Å². The summed E-state index contributed by atoms with van der Waals surface area (Å²) in [6.45, 7) is 0.322. The summed E-state index contributed by atoms with van der Waals surface area (Å²) in [5.74, 6) is -0.688. The first-order valence-corrected chi connectivity index (χ1v) is 5.89. The highest BCUT2D eigenvalue weighted by molar-refractivity contribution is 5.91. The van der Waals surface area contributed by atoms with E-state index in [1.54, 1.807) is 25.2 Å². The van der Waals surface area contributed by atoms with Crippen molar-refractivity contribution in [2.75, 3.05) is 27.3 Å². The van der Waals surface area contributed by atoms with Crippen molar-refractivity contribution in [3.8, 4) is 0 Å². The molecule has 0 heterocycles. The predicted octanol–water partition coefficient (Wildman–Crippen LogP) is 1.30. The summed E-state index contributed by atoms with van der Waals surface area (Å²) in [6, 6.07) is 6.19. The number of aliphatic hydroxyl groups excluding tert-OH is 1. The van der Waals surface area contributed by atoms with E-state index in [0.29, 0.717) is 5.56 Å². The molecule has 0 aliphatic heterocycles. The summed E-state index contributed by atoms with van der Waals surface area (Å²) < 4.78 is 18.1. The Hall–Kier alpha value is -1.72. The van der Waals surface area contributed by atoms with Gasteiger partial charge in [0.25, 0.3) is 0 Å². The molecule has 1 amide bonds. The number of rotatable bonds is 6. The van der Waals surface area contributed by atoms with Crippen LogP contribution in [-0.2, 0) is 9.53 Å². The maximum Gasteiger partial charge on any atom is 0.246 e. The quantitative estimate of drug-likeness (QED) is 0.790. The highest BCUT2D eigenvalue weighted by Crippen LogP contribution is 2.08. The molecule has 0 saturated carbocycles. The number of aliphatic hydroxyl groups is 1. The van der Waals surface area contributed by atoms with Crippen molar-refractivity contribution in [1.82, 2.24) is 4.90 Å². The van der Waals surface area contributed by atoms with Crippen LogP contribution < -0.4 is 0 Å². The second-order valence-electron chi connectivity index (χ2n) is 4.18. The highest BCUT2D eigenvalue weighted by Gasteiger charge is 2.11. The van der Waals surface area contributed by atoms with Crippen LogP contribution in [0.4, 0.5) is 4.39 Å². The van der Waals surface area contributed by atoms with Crippen LogP contribution in [0.2, 0.25) is 0 Å². The number of amides is 1. The fraction of sp³-hybridized carbons (Fsp3) is 0.357. The van der Waals surface area contributed by atoms with Gasteiger partial charge in [0.05, 0.1) is 12.7 Å². The second kappa shape index (κ2) is 7.66. The number of likely N-dealkylation sites (N-methyl/N-ethyl adjacent to an activating group) is 1.